The second kappa shape index (κ2) is 5.11. The SMILES string of the molecule is C=C1CC2c3[nH]c4ccc(OC)cc4c3C(O)C(C)N(C1)C2C. The van der Waals surface area contributed by atoms with Gasteiger partial charge in [0.05, 0.1) is 13.2 Å². The van der Waals surface area contributed by atoms with Crippen molar-refractivity contribution in [3.8, 4) is 5.75 Å². The first-order valence-corrected chi connectivity index (χ1v) is 8.31. The van der Waals surface area contributed by atoms with Crippen LogP contribution in [0, 0.1) is 0 Å². The van der Waals surface area contributed by atoms with Crippen LogP contribution in [0.4, 0.5) is 0 Å². The molecule has 0 amide bonds. The van der Waals surface area contributed by atoms with Gasteiger partial charge in [-0.25, -0.2) is 0 Å². The Balaban J connectivity index is 1.98. The third-order valence-electron chi connectivity index (χ3n) is 5.74. The van der Waals surface area contributed by atoms with Crippen LogP contribution in [0.1, 0.15) is 43.5 Å². The maximum Gasteiger partial charge on any atom is 0.119 e. The van der Waals surface area contributed by atoms with Crippen molar-refractivity contribution in [1.29, 1.82) is 0 Å². The number of aromatic nitrogens is 1. The lowest BCUT2D eigenvalue weighted by Crippen LogP contribution is -2.47. The highest BCUT2D eigenvalue weighted by Crippen LogP contribution is 2.46. The van der Waals surface area contributed by atoms with Gasteiger partial charge < -0.3 is 14.8 Å². The molecule has 1 saturated heterocycles. The molecule has 1 fully saturated rings. The van der Waals surface area contributed by atoms with Crippen LogP contribution in [-0.4, -0.2) is 40.7 Å². The van der Waals surface area contributed by atoms with Gasteiger partial charge >= 0.3 is 0 Å². The maximum absolute atomic E-state index is 11.1. The minimum Gasteiger partial charge on any atom is -0.497 e. The molecule has 0 spiro atoms. The van der Waals surface area contributed by atoms with Crippen molar-refractivity contribution in [2.75, 3.05) is 13.7 Å². The Hall–Kier alpha value is -1.78. The summed E-state index contributed by atoms with van der Waals surface area (Å²) in [5.74, 6) is 1.17. The highest BCUT2D eigenvalue weighted by molar-refractivity contribution is 5.87. The summed E-state index contributed by atoms with van der Waals surface area (Å²) in [7, 11) is 1.68. The zero-order valence-electron chi connectivity index (χ0n) is 14.0. The molecule has 23 heavy (non-hydrogen) atoms. The fraction of sp³-hybridized carbons (Fsp3) is 0.474. The van der Waals surface area contributed by atoms with E-state index in [9.17, 15) is 5.11 Å². The minimum atomic E-state index is -0.510. The number of hydrogen-bond acceptors (Lipinski definition) is 3. The molecule has 2 N–H and O–H groups in total. The van der Waals surface area contributed by atoms with Crippen molar-refractivity contribution in [1.82, 2.24) is 9.88 Å². The van der Waals surface area contributed by atoms with E-state index in [4.69, 9.17) is 4.74 Å². The largest absolute Gasteiger partial charge is 0.497 e. The smallest absolute Gasteiger partial charge is 0.119 e. The average Bonchev–Trinajstić information content (AvgIpc) is 2.91. The summed E-state index contributed by atoms with van der Waals surface area (Å²) >= 11 is 0. The number of hydrogen-bond donors (Lipinski definition) is 2. The lowest BCUT2D eigenvalue weighted by molar-refractivity contribution is 0.0368. The van der Waals surface area contributed by atoms with E-state index in [1.54, 1.807) is 7.11 Å². The number of methoxy groups -OCH3 is 1. The first-order valence-electron chi connectivity index (χ1n) is 8.31. The summed E-state index contributed by atoms with van der Waals surface area (Å²) in [5, 5.41) is 12.2. The molecule has 2 bridgehead atoms. The van der Waals surface area contributed by atoms with Crippen molar-refractivity contribution in [2.24, 2.45) is 0 Å². The Morgan fingerprint density at radius 1 is 1.30 bits per heavy atom. The molecule has 0 saturated carbocycles. The Kier molecular flexibility index (Phi) is 3.29. The molecule has 4 heteroatoms. The highest BCUT2D eigenvalue weighted by atomic mass is 16.5. The van der Waals surface area contributed by atoms with Crippen LogP contribution in [0.3, 0.4) is 0 Å². The number of H-pyrrole nitrogens is 1. The highest BCUT2D eigenvalue weighted by Gasteiger charge is 2.42. The number of aliphatic hydroxyl groups is 1. The molecule has 1 aromatic heterocycles. The molecule has 4 nitrogen and oxygen atoms in total. The predicted octanol–water partition coefficient (Wildman–Crippen LogP) is 3.35. The van der Waals surface area contributed by atoms with E-state index in [1.807, 2.05) is 18.2 Å². The van der Waals surface area contributed by atoms with Gasteiger partial charge in [-0.3, -0.25) is 4.90 Å². The topological polar surface area (TPSA) is 48.5 Å². The molecule has 0 aliphatic carbocycles. The number of fused-ring (bicyclic) bond motifs is 6. The third kappa shape index (κ3) is 2.05. The Morgan fingerprint density at radius 3 is 2.83 bits per heavy atom. The number of aliphatic hydroxyl groups excluding tert-OH is 1. The molecule has 2 aliphatic rings. The van der Waals surface area contributed by atoms with E-state index in [2.05, 4.69) is 30.3 Å². The van der Waals surface area contributed by atoms with Crippen molar-refractivity contribution >= 4 is 10.9 Å². The number of nitrogens with one attached hydrogen (secondary N) is 1. The lowest BCUT2D eigenvalue weighted by atomic mass is 9.85. The molecule has 2 aromatic rings. The van der Waals surface area contributed by atoms with Gasteiger partial charge in [-0.1, -0.05) is 12.2 Å². The van der Waals surface area contributed by atoms with Gasteiger partial charge in [-0.2, -0.15) is 0 Å². The maximum atomic E-state index is 11.1. The summed E-state index contributed by atoms with van der Waals surface area (Å²) in [6, 6.07) is 6.49. The summed E-state index contributed by atoms with van der Waals surface area (Å²) in [6.07, 6.45) is 0.470. The van der Waals surface area contributed by atoms with E-state index in [1.165, 1.54) is 11.3 Å². The summed E-state index contributed by atoms with van der Waals surface area (Å²) in [6.45, 7) is 9.49. The second-order valence-electron chi connectivity index (χ2n) is 7.02. The first-order chi connectivity index (χ1) is 11.0. The number of rotatable bonds is 1. The van der Waals surface area contributed by atoms with Gasteiger partial charge in [0.25, 0.3) is 0 Å². The fourth-order valence-corrected chi connectivity index (χ4v) is 4.41. The van der Waals surface area contributed by atoms with Gasteiger partial charge in [0.2, 0.25) is 0 Å². The van der Waals surface area contributed by atoms with Crippen LogP contribution in [0.5, 0.6) is 5.75 Å². The first kappa shape index (κ1) is 14.8. The van der Waals surface area contributed by atoms with E-state index in [0.29, 0.717) is 12.0 Å². The van der Waals surface area contributed by atoms with E-state index in [-0.39, 0.29) is 6.04 Å². The quantitative estimate of drug-likeness (QED) is 0.794. The van der Waals surface area contributed by atoms with Crippen molar-refractivity contribution in [2.45, 2.75) is 44.4 Å². The summed E-state index contributed by atoms with van der Waals surface area (Å²) in [4.78, 5) is 5.97. The molecule has 2 aliphatic heterocycles. The van der Waals surface area contributed by atoms with Gasteiger partial charge in [0, 0.05) is 46.7 Å². The van der Waals surface area contributed by atoms with Crippen LogP contribution in [-0.2, 0) is 0 Å². The number of aromatic amines is 1. The minimum absolute atomic E-state index is 0.0657. The monoisotopic (exact) mass is 312 g/mol. The fourth-order valence-electron chi connectivity index (χ4n) is 4.41. The number of benzene rings is 1. The molecule has 5 unspecified atom stereocenters. The number of nitrogens with zero attached hydrogens (tertiary/aromatic N) is 1. The predicted molar refractivity (Wildman–Crippen MR) is 91.9 cm³/mol. The zero-order chi connectivity index (χ0) is 16.3. The van der Waals surface area contributed by atoms with Gasteiger partial charge in [-0.05, 0) is 38.5 Å². The Morgan fingerprint density at radius 2 is 2.09 bits per heavy atom. The Labute approximate surface area is 136 Å². The number of piperidine rings is 1. The number of ether oxygens (including phenoxy) is 1. The third-order valence-corrected chi connectivity index (χ3v) is 5.74. The van der Waals surface area contributed by atoms with Gasteiger partial charge in [-0.15, -0.1) is 0 Å². The van der Waals surface area contributed by atoms with Crippen LogP contribution in [0.15, 0.2) is 30.4 Å². The molecular weight excluding hydrogens is 288 g/mol. The zero-order valence-corrected chi connectivity index (χ0v) is 14.0. The van der Waals surface area contributed by atoms with Crippen LogP contribution < -0.4 is 4.74 Å². The molecule has 4 rings (SSSR count). The molecular formula is C19H24N2O2. The van der Waals surface area contributed by atoms with Crippen LogP contribution in [0.2, 0.25) is 0 Å². The summed E-state index contributed by atoms with van der Waals surface area (Å²) in [5.41, 5.74) is 4.53. The second-order valence-corrected chi connectivity index (χ2v) is 7.02. The Bertz CT molecular complexity index is 779. The molecule has 1 aromatic carbocycles. The standard InChI is InChI=1S/C19H24N2O2/c1-10-7-14-11(2)21(9-10)12(3)19(22)17-15-8-13(23-4)5-6-16(15)20-18(14)17/h5-6,8,11-12,14,19-20,22H,1,7,9H2,2-4H3. The molecule has 0 radical (unpaired) electrons. The van der Waals surface area contributed by atoms with Gasteiger partial charge in [0.15, 0.2) is 0 Å². The van der Waals surface area contributed by atoms with Crippen LogP contribution >= 0.6 is 0 Å². The summed E-state index contributed by atoms with van der Waals surface area (Å²) < 4.78 is 5.38. The van der Waals surface area contributed by atoms with E-state index < -0.39 is 6.10 Å². The molecule has 122 valence electrons. The van der Waals surface area contributed by atoms with E-state index in [0.717, 1.165) is 35.2 Å². The molecule has 3 heterocycles. The van der Waals surface area contributed by atoms with Crippen molar-refractivity contribution in [3.63, 3.8) is 0 Å². The van der Waals surface area contributed by atoms with Crippen LogP contribution in [0.25, 0.3) is 10.9 Å². The molecule has 5 atom stereocenters. The van der Waals surface area contributed by atoms with Crippen molar-refractivity contribution in [3.05, 3.63) is 41.6 Å². The average molecular weight is 312 g/mol. The lowest BCUT2D eigenvalue weighted by Gasteiger charge is -2.42. The van der Waals surface area contributed by atoms with Crippen molar-refractivity contribution < 1.29 is 9.84 Å². The normalized spacial score (nSPS) is 33.4. The van der Waals surface area contributed by atoms with Gasteiger partial charge in [0.1, 0.15) is 5.75 Å². The van der Waals surface area contributed by atoms with E-state index >= 15 is 0 Å².